The highest BCUT2D eigenvalue weighted by atomic mass is 16.6. The molecule has 4 N–H and O–H groups in total. The number of imide groups is 1. The fourth-order valence-corrected chi connectivity index (χ4v) is 4.65. The molecule has 33 heavy (non-hydrogen) atoms. The van der Waals surface area contributed by atoms with Gasteiger partial charge < -0.3 is 25.7 Å². The third kappa shape index (κ3) is 5.08. The number of hydrogen-bond donors (Lipinski definition) is 3. The van der Waals surface area contributed by atoms with E-state index in [9.17, 15) is 19.6 Å². The number of nitrogens with one attached hydrogen (secondary N) is 2. The zero-order valence-corrected chi connectivity index (χ0v) is 18.6. The standard InChI is InChI=1S/C22H31N5O6/c23-12-15-13-26(8-11-33-15)7-10-32-9-6-24-18-3-1-2-16-17(18)14-27(31,22(16)30)19-4-5-20(28)25-21(19)29/h1-3,15,19,24H,4-14,23H2,(H,25,28,29)/t15-,19?,27?/m1/s1. The highest BCUT2D eigenvalue weighted by Gasteiger charge is 2.50. The lowest BCUT2D eigenvalue weighted by Crippen LogP contribution is -2.60. The maximum absolute atomic E-state index is 13.5. The zero-order chi connectivity index (χ0) is 23.4. The van der Waals surface area contributed by atoms with Gasteiger partial charge in [-0.1, -0.05) is 6.07 Å². The summed E-state index contributed by atoms with van der Waals surface area (Å²) in [5.41, 5.74) is 7.28. The summed E-state index contributed by atoms with van der Waals surface area (Å²) in [5.74, 6) is -1.73. The van der Waals surface area contributed by atoms with Gasteiger partial charge in [-0.25, -0.2) is 4.79 Å². The fraction of sp³-hybridized carbons (Fsp3) is 0.591. The first-order valence-corrected chi connectivity index (χ1v) is 11.4. The predicted molar refractivity (Wildman–Crippen MR) is 119 cm³/mol. The molecule has 3 aliphatic heterocycles. The summed E-state index contributed by atoms with van der Waals surface area (Å²) in [6.45, 7) is 5.10. The summed E-state index contributed by atoms with van der Waals surface area (Å²) in [6, 6.07) is 4.03. The number of nitrogens with zero attached hydrogens (tertiary/aromatic N) is 2. The molecule has 180 valence electrons. The van der Waals surface area contributed by atoms with E-state index in [-0.39, 0.29) is 25.5 Å². The third-order valence-electron chi connectivity index (χ3n) is 6.46. The molecule has 0 saturated carbocycles. The maximum Gasteiger partial charge on any atom is 0.347 e. The van der Waals surface area contributed by atoms with Gasteiger partial charge in [0.05, 0.1) is 31.5 Å². The van der Waals surface area contributed by atoms with Crippen LogP contribution in [-0.2, 0) is 25.6 Å². The molecular formula is C22H31N5O6. The lowest BCUT2D eigenvalue weighted by Gasteiger charge is -2.42. The Labute approximate surface area is 192 Å². The van der Waals surface area contributed by atoms with Crippen molar-refractivity contribution in [2.45, 2.75) is 31.5 Å². The second-order valence-electron chi connectivity index (χ2n) is 8.63. The number of anilines is 1. The minimum atomic E-state index is -1.28. The van der Waals surface area contributed by atoms with Gasteiger partial charge >= 0.3 is 5.91 Å². The summed E-state index contributed by atoms with van der Waals surface area (Å²) in [6.07, 6.45) is 0.205. The number of hydrogen-bond acceptors (Lipinski definition) is 9. The molecule has 11 nitrogen and oxygen atoms in total. The Morgan fingerprint density at radius 1 is 1.30 bits per heavy atom. The molecule has 3 amide bonds. The lowest BCUT2D eigenvalue weighted by molar-refractivity contribution is -0.825. The minimum Gasteiger partial charge on any atom is -0.624 e. The highest BCUT2D eigenvalue weighted by Crippen LogP contribution is 2.37. The minimum absolute atomic E-state index is 0.0576. The van der Waals surface area contributed by atoms with Gasteiger partial charge in [0.25, 0.3) is 5.91 Å². The number of rotatable bonds is 9. The Hall–Kier alpha value is -2.41. The van der Waals surface area contributed by atoms with Crippen molar-refractivity contribution in [3.8, 4) is 0 Å². The van der Waals surface area contributed by atoms with E-state index in [1.165, 1.54) is 0 Å². The van der Waals surface area contributed by atoms with E-state index < -0.39 is 28.4 Å². The largest absolute Gasteiger partial charge is 0.624 e. The normalized spacial score (nSPS) is 28.0. The summed E-state index contributed by atoms with van der Waals surface area (Å²) >= 11 is 0. The fourth-order valence-electron chi connectivity index (χ4n) is 4.65. The number of nitrogens with two attached hydrogens (primary N) is 1. The summed E-state index contributed by atoms with van der Waals surface area (Å²) in [7, 11) is 0. The van der Waals surface area contributed by atoms with Gasteiger partial charge in [0.15, 0.2) is 6.04 Å². The Kier molecular flexibility index (Phi) is 7.37. The summed E-state index contributed by atoms with van der Waals surface area (Å²) < 4.78 is 10.0. The SMILES string of the molecule is NC[C@@H]1CN(CCOCCNc2cccc3c2C[N+]([O-])(C2CCC(=O)NC2=O)C3=O)CCO1. The van der Waals surface area contributed by atoms with Crippen LogP contribution in [0.4, 0.5) is 5.69 Å². The van der Waals surface area contributed by atoms with Crippen LogP contribution in [0.5, 0.6) is 0 Å². The number of quaternary nitrogens is 1. The van der Waals surface area contributed by atoms with Crippen molar-refractivity contribution < 1.29 is 28.5 Å². The molecule has 2 saturated heterocycles. The van der Waals surface area contributed by atoms with Gasteiger partial charge in [0, 0.05) is 56.8 Å². The molecule has 0 aromatic heterocycles. The lowest BCUT2D eigenvalue weighted by atomic mass is 10.0. The van der Waals surface area contributed by atoms with E-state index in [2.05, 4.69) is 15.5 Å². The first-order chi connectivity index (χ1) is 15.9. The van der Waals surface area contributed by atoms with Gasteiger partial charge in [-0.05, 0) is 12.1 Å². The van der Waals surface area contributed by atoms with E-state index >= 15 is 0 Å². The van der Waals surface area contributed by atoms with Crippen molar-refractivity contribution in [3.05, 3.63) is 34.5 Å². The number of amides is 3. The average molecular weight is 462 g/mol. The van der Waals surface area contributed by atoms with Crippen LogP contribution < -0.4 is 16.4 Å². The van der Waals surface area contributed by atoms with Gasteiger partial charge in [0.2, 0.25) is 5.91 Å². The van der Waals surface area contributed by atoms with Crippen LogP contribution in [0.3, 0.4) is 0 Å². The monoisotopic (exact) mass is 461 g/mol. The quantitative estimate of drug-likeness (QED) is 0.193. The van der Waals surface area contributed by atoms with Crippen LogP contribution >= 0.6 is 0 Å². The predicted octanol–water partition coefficient (Wildman–Crippen LogP) is -0.452. The maximum atomic E-state index is 13.5. The number of hydroxylamine groups is 3. The van der Waals surface area contributed by atoms with Crippen LogP contribution in [0, 0.1) is 5.21 Å². The molecule has 1 aromatic rings. The Bertz CT molecular complexity index is 911. The Morgan fingerprint density at radius 3 is 2.94 bits per heavy atom. The number of ether oxygens (including phenoxy) is 2. The van der Waals surface area contributed by atoms with Crippen LogP contribution in [0.25, 0.3) is 0 Å². The number of carbonyl (C=O) groups is 3. The van der Waals surface area contributed by atoms with Crippen molar-refractivity contribution in [3.63, 3.8) is 0 Å². The second-order valence-corrected chi connectivity index (χ2v) is 8.63. The molecular weight excluding hydrogens is 430 g/mol. The van der Waals surface area contributed by atoms with Crippen molar-refractivity contribution in [2.75, 3.05) is 57.9 Å². The summed E-state index contributed by atoms with van der Waals surface area (Å²) in [5, 5.41) is 18.9. The molecule has 4 rings (SSSR count). The number of carbonyl (C=O) groups excluding carboxylic acids is 3. The van der Waals surface area contributed by atoms with E-state index in [1.807, 2.05) is 6.07 Å². The second kappa shape index (κ2) is 10.2. The van der Waals surface area contributed by atoms with Crippen molar-refractivity contribution in [1.29, 1.82) is 0 Å². The van der Waals surface area contributed by atoms with Crippen LogP contribution in [0.15, 0.2) is 18.2 Å². The first-order valence-electron chi connectivity index (χ1n) is 11.4. The molecule has 1 aromatic carbocycles. The molecule has 0 aliphatic carbocycles. The van der Waals surface area contributed by atoms with Gasteiger partial charge in [-0.15, -0.1) is 0 Å². The van der Waals surface area contributed by atoms with Gasteiger partial charge in [-0.3, -0.25) is 24.5 Å². The molecule has 3 heterocycles. The number of morpholine rings is 1. The molecule has 0 radical (unpaired) electrons. The van der Waals surface area contributed by atoms with Crippen LogP contribution in [0.2, 0.25) is 0 Å². The zero-order valence-electron chi connectivity index (χ0n) is 18.6. The average Bonchev–Trinajstić information content (AvgIpc) is 3.07. The Balaban J connectivity index is 1.28. The topological polar surface area (TPSA) is 146 Å². The molecule has 11 heteroatoms. The first kappa shape index (κ1) is 23.7. The number of benzene rings is 1. The van der Waals surface area contributed by atoms with Crippen molar-refractivity contribution in [1.82, 2.24) is 10.2 Å². The molecule has 3 aliphatic rings. The smallest absolute Gasteiger partial charge is 0.347 e. The molecule has 2 fully saturated rings. The summed E-state index contributed by atoms with van der Waals surface area (Å²) in [4.78, 5) is 38.9. The molecule has 3 atom stereocenters. The van der Waals surface area contributed by atoms with Gasteiger partial charge in [-0.2, -0.15) is 0 Å². The van der Waals surface area contributed by atoms with Crippen molar-refractivity contribution >= 4 is 23.4 Å². The molecule has 0 spiro atoms. The van der Waals surface area contributed by atoms with Crippen LogP contribution in [-0.4, -0.2) is 92.0 Å². The van der Waals surface area contributed by atoms with Crippen molar-refractivity contribution in [2.24, 2.45) is 5.73 Å². The van der Waals surface area contributed by atoms with E-state index in [1.54, 1.807) is 12.1 Å². The number of piperidine rings is 1. The van der Waals surface area contributed by atoms with Crippen LogP contribution in [0.1, 0.15) is 28.8 Å². The molecule has 0 bridgehead atoms. The Morgan fingerprint density at radius 2 is 2.15 bits per heavy atom. The third-order valence-corrected chi connectivity index (χ3v) is 6.46. The van der Waals surface area contributed by atoms with E-state index in [0.717, 1.165) is 19.6 Å². The van der Waals surface area contributed by atoms with E-state index in [0.29, 0.717) is 49.7 Å². The van der Waals surface area contributed by atoms with Gasteiger partial charge in [0.1, 0.15) is 6.54 Å². The molecule has 2 unspecified atom stereocenters. The number of fused-ring (bicyclic) bond motifs is 1. The highest BCUT2D eigenvalue weighted by molar-refractivity contribution is 6.02. The van der Waals surface area contributed by atoms with E-state index in [4.69, 9.17) is 15.2 Å².